The van der Waals surface area contributed by atoms with Gasteiger partial charge in [0.15, 0.2) is 0 Å². The molecule has 0 aliphatic rings. The van der Waals surface area contributed by atoms with E-state index in [1.807, 2.05) is 30.5 Å². The standard InChI is InChI=1S/C15H17NO2/c1-4-12-6-5-7-13(9-12)16-10(2)8-14(11(16)3)15(17)18/h5-9H,4H2,1-3H3,(H,17,18). The zero-order valence-corrected chi connectivity index (χ0v) is 10.9. The molecule has 0 amide bonds. The highest BCUT2D eigenvalue weighted by Crippen LogP contribution is 2.21. The quantitative estimate of drug-likeness (QED) is 0.898. The third-order valence-corrected chi connectivity index (χ3v) is 3.24. The smallest absolute Gasteiger partial charge is 0.337 e. The van der Waals surface area contributed by atoms with Gasteiger partial charge in [0.2, 0.25) is 0 Å². The van der Waals surface area contributed by atoms with Crippen LogP contribution in [0.1, 0.15) is 34.2 Å². The Morgan fingerprint density at radius 3 is 2.56 bits per heavy atom. The minimum atomic E-state index is -0.874. The molecule has 0 aliphatic carbocycles. The predicted molar refractivity (Wildman–Crippen MR) is 71.6 cm³/mol. The number of hydrogen-bond donors (Lipinski definition) is 1. The third kappa shape index (κ3) is 2.04. The molecule has 0 aliphatic heterocycles. The summed E-state index contributed by atoms with van der Waals surface area (Å²) in [5.74, 6) is -0.874. The van der Waals surface area contributed by atoms with E-state index in [1.165, 1.54) is 5.56 Å². The van der Waals surface area contributed by atoms with Crippen molar-refractivity contribution >= 4 is 5.97 Å². The fraction of sp³-hybridized carbons (Fsp3) is 0.267. The fourth-order valence-corrected chi connectivity index (χ4v) is 2.29. The first kappa shape index (κ1) is 12.4. The Hall–Kier alpha value is -2.03. The van der Waals surface area contributed by atoms with Crippen LogP contribution in [0.2, 0.25) is 0 Å². The van der Waals surface area contributed by atoms with Crippen LogP contribution in [0.25, 0.3) is 5.69 Å². The minimum absolute atomic E-state index is 0.370. The minimum Gasteiger partial charge on any atom is -0.478 e. The van der Waals surface area contributed by atoms with Crippen molar-refractivity contribution in [2.75, 3.05) is 0 Å². The number of aromatic nitrogens is 1. The summed E-state index contributed by atoms with van der Waals surface area (Å²) in [5, 5.41) is 9.14. The summed E-state index contributed by atoms with van der Waals surface area (Å²) in [7, 11) is 0. The molecule has 1 heterocycles. The van der Waals surface area contributed by atoms with Gasteiger partial charge in [0.1, 0.15) is 0 Å². The molecular formula is C15H17NO2. The van der Waals surface area contributed by atoms with Gasteiger partial charge >= 0.3 is 5.97 Å². The lowest BCUT2D eigenvalue weighted by molar-refractivity contribution is 0.0696. The molecule has 18 heavy (non-hydrogen) atoms. The van der Waals surface area contributed by atoms with Crippen LogP contribution in [0.3, 0.4) is 0 Å². The van der Waals surface area contributed by atoms with Gasteiger partial charge in [-0.25, -0.2) is 4.79 Å². The van der Waals surface area contributed by atoms with E-state index in [2.05, 4.69) is 19.1 Å². The van der Waals surface area contributed by atoms with Crippen molar-refractivity contribution in [3.05, 3.63) is 52.8 Å². The molecular weight excluding hydrogens is 226 g/mol. The first-order valence-electron chi connectivity index (χ1n) is 6.06. The number of benzene rings is 1. The van der Waals surface area contributed by atoms with Crippen molar-refractivity contribution in [1.82, 2.24) is 4.57 Å². The van der Waals surface area contributed by atoms with E-state index in [0.29, 0.717) is 5.56 Å². The number of nitrogens with zero attached hydrogens (tertiary/aromatic N) is 1. The van der Waals surface area contributed by atoms with Gasteiger partial charge in [0.25, 0.3) is 0 Å². The number of aromatic carboxylic acids is 1. The van der Waals surface area contributed by atoms with Gasteiger partial charge in [-0.1, -0.05) is 19.1 Å². The Kier molecular flexibility index (Phi) is 3.24. The zero-order valence-electron chi connectivity index (χ0n) is 10.9. The van der Waals surface area contributed by atoms with Crippen molar-refractivity contribution in [3.8, 4) is 5.69 Å². The lowest BCUT2D eigenvalue weighted by Gasteiger charge is -2.10. The van der Waals surface area contributed by atoms with Gasteiger partial charge in [-0.15, -0.1) is 0 Å². The number of hydrogen-bond acceptors (Lipinski definition) is 1. The molecule has 1 aromatic carbocycles. The van der Waals surface area contributed by atoms with E-state index >= 15 is 0 Å². The molecule has 0 fully saturated rings. The molecule has 0 saturated carbocycles. The van der Waals surface area contributed by atoms with Crippen LogP contribution in [0, 0.1) is 13.8 Å². The van der Waals surface area contributed by atoms with Crippen LogP contribution in [-0.4, -0.2) is 15.6 Å². The average Bonchev–Trinajstić information content (AvgIpc) is 2.65. The molecule has 1 N–H and O–H groups in total. The summed E-state index contributed by atoms with van der Waals surface area (Å²) >= 11 is 0. The average molecular weight is 243 g/mol. The monoisotopic (exact) mass is 243 g/mol. The zero-order chi connectivity index (χ0) is 13.3. The first-order chi connectivity index (χ1) is 8.54. The molecule has 0 bridgehead atoms. The largest absolute Gasteiger partial charge is 0.478 e. The topological polar surface area (TPSA) is 42.2 Å². The number of rotatable bonds is 3. The Labute approximate surface area is 107 Å². The Morgan fingerprint density at radius 1 is 1.28 bits per heavy atom. The highest BCUT2D eigenvalue weighted by Gasteiger charge is 2.15. The molecule has 3 heteroatoms. The third-order valence-electron chi connectivity index (χ3n) is 3.24. The first-order valence-corrected chi connectivity index (χ1v) is 6.06. The normalized spacial score (nSPS) is 10.6. The van der Waals surface area contributed by atoms with Gasteiger partial charge in [0.05, 0.1) is 5.56 Å². The van der Waals surface area contributed by atoms with Crippen LogP contribution in [0.5, 0.6) is 0 Å². The van der Waals surface area contributed by atoms with E-state index in [4.69, 9.17) is 5.11 Å². The second-order valence-corrected chi connectivity index (χ2v) is 4.45. The second-order valence-electron chi connectivity index (χ2n) is 4.45. The molecule has 1 aromatic heterocycles. The van der Waals surface area contributed by atoms with Gasteiger partial charge < -0.3 is 9.67 Å². The van der Waals surface area contributed by atoms with E-state index in [0.717, 1.165) is 23.5 Å². The van der Waals surface area contributed by atoms with E-state index in [9.17, 15) is 4.79 Å². The van der Waals surface area contributed by atoms with E-state index in [-0.39, 0.29) is 0 Å². The maximum Gasteiger partial charge on any atom is 0.337 e. The van der Waals surface area contributed by atoms with Crippen LogP contribution in [-0.2, 0) is 6.42 Å². The van der Waals surface area contributed by atoms with Gasteiger partial charge in [-0.2, -0.15) is 0 Å². The molecule has 3 nitrogen and oxygen atoms in total. The summed E-state index contributed by atoms with van der Waals surface area (Å²) in [6, 6.07) is 9.91. The van der Waals surface area contributed by atoms with Gasteiger partial charge in [-0.05, 0) is 44.0 Å². The Bertz CT molecular complexity index is 597. The van der Waals surface area contributed by atoms with Gasteiger partial charge in [0, 0.05) is 17.1 Å². The molecule has 2 aromatic rings. The summed E-state index contributed by atoms with van der Waals surface area (Å²) < 4.78 is 1.99. The van der Waals surface area contributed by atoms with Gasteiger partial charge in [-0.3, -0.25) is 0 Å². The van der Waals surface area contributed by atoms with Crippen molar-refractivity contribution in [2.45, 2.75) is 27.2 Å². The molecule has 2 rings (SSSR count). The summed E-state index contributed by atoms with van der Waals surface area (Å²) in [5.41, 5.74) is 4.36. The maximum absolute atomic E-state index is 11.1. The maximum atomic E-state index is 11.1. The number of carboxylic acid groups (broad SMARTS) is 1. The Morgan fingerprint density at radius 2 is 2.00 bits per heavy atom. The van der Waals surface area contributed by atoms with Crippen LogP contribution >= 0.6 is 0 Å². The summed E-state index contributed by atoms with van der Waals surface area (Å²) in [6.07, 6.45) is 0.971. The summed E-state index contributed by atoms with van der Waals surface area (Å²) in [6.45, 7) is 5.88. The molecule has 0 atom stereocenters. The molecule has 0 spiro atoms. The lowest BCUT2D eigenvalue weighted by Crippen LogP contribution is -2.02. The fourth-order valence-electron chi connectivity index (χ4n) is 2.29. The predicted octanol–water partition coefficient (Wildman–Crippen LogP) is 3.35. The molecule has 0 saturated heterocycles. The second kappa shape index (κ2) is 4.69. The SMILES string of the molecule is CCc1cccc(-n2c(C)cc(C(=O)O)c2C)c1. The molecule has 94 valence electrons. The number of carbonyl (C=O) groups is 1. The van der Waals surface area contributed by atoms with Crippen LogP contribution in [0.15, 0.2) is 30.3 Å². The van der Waals surface area contributed by atoms with Crippen molar-refractivity contribution in [3.63, 3.8) is 0 Å². The van der Waals surface area contributed by atoms with Crippen LogP contribution < -0.4 is 0 Å². The molecule has 0 radical (unpaired) electrons. The highest BCUT2D eigenvalue weighted by molar-refractivity contribution is 5.89. The van der Waals surface area contributed by atoms with Crippen molar-refractivity contribution in [1.29, 1.82) is 0 Å². The Balaban J connectivity index is 2.60. The number of carboxylic acids is 1. The highest BCUT2D eigenvalue weighted by atomic mass is 16.4. The lowest BCUT2D eigenvalue weighted by atomic mass is 10.1. The van der Waals surface area contributed by atoms with E-state index in [1.54, 1.807) is 6.07 Å². The van der Waals surface area contributed by atoms with Crippen molar-refractivity contribution < 1.29 is 9.90 Å². The summed E-state index contributed by atoms with van der Waals surface area (Å²) in [4.78, 5) is 11.1. The number of aryl methyl sites for hydroxylation is 2. The van der Waals surface area contributed by atoms with Crippen molar-refractivity contribution in [2.24, 2.45) is 0 Å². The molecule has 0 unspecified atom stereocenters. The van der Waals surface area contributed by atoms with Crippen LogP contribution in [0.4, 0.5) is 0 Å². The van der Waals surface area contributed by atoms with E-state index < -0.39 is 5.97 Å².